The van der Waals surface area contributed by atoms with Crippen molar-refractivity contribution in [1.29, 1.82) is 0 Å². The van der Waals surface area contributed by atoms with E-state index in [2.05, 4.69) is 4.99 Å². The first-order chi connectivity index (χ1) is 13.1. The van der Waals surface area contributed by atoms with Crippen LogP contribution in [0.1, 0.15) is 0 Å². The second-order valence-electron chi connectivity index (χ2n) is 6.04. The lowest BCUT2D eigenvalue weighted by Gasteiger charge is -1.99. The smallest absolute Gasteiger partial charge is 0.420 e. The first-order valence-electron chi connectivity index (χ1n) is 8.15. The summed E-state index contributed by atoms with van der Waals surface area (Å²) in [5.74, 6) is 0.334. The van der Waals surface area contributed by atoms with E-state index in [-0.39, 0.29) is 13.3 Å². The van der Waals surface area contributed by atoms with Gasteiger partial charge in [0.2, 0.25) is 6.79 Å². The van der Waals surface area contributed by atoms with Gasteiger partial charge in [0.1, 0.15) is 6.54 Å². The Hall–Kier alpha value is -3.33. The fourth-order valence-corrected chi connectivity index (χ4v) is 4.11. The zero-order valence-electron chi connectivity index (χ0n) is 14.2. The van der Waals surface area contributed by atoms with E-state index in [1.807, 2.05) is 23.7 Å². The van der Waals surface area contributed by atoms with Gasteiger partial charge in [-0.3, -0.25) is 9.36 Å². The minimum atomic E-state index is -0.578. The molecule has 9 heteroatoms. The summed E-state index contributed by atoms with van der Waals surface area (Å²) in [6, 6.07) is 10.7. The normalized spacial score (nSPS) is 13.7. The van der Waals surface area contributed by atoms with E-state index >= 15 is 0 Å². The summed E-state index contributed by atoms with van der Waals surface area (Å²) in [5.41, 5.74) is 1.90. The molecule has 5 rings (SSSR count). The van der Waals surface area contributed by atoms with Crippen LogP contribution >= 0.6 is 11.3 Å². The third-order valence-corrected chi connectivity index (χ3v) is 5.49. The summed E-state index contributed by atoms with van der Waals surface area (Å²) in [6.45, 7) is 0.0201. The molecule has 1 amide bonds. The highest BCUT2D eigenvalue weighted by molar-refractivity contribution is 7.16. The van der Waals surface area contributed by atoms with Crippen LogP contribution in [0, 0.1) is 0 Å². The molecule has 4 aromatic rings. The van der Waals surface area contributed by atoms with Gasteiger partial charge in [-0.2, -0.15) is 4.99 Å². The monoisotopic (exact) mass is 383 g/mol. The quantitative estimate of drug-likeness (QED) is 0.528. The lowest BCUT2D eigenvalue weighted by molar-refractivity contribution is -0.118. The molecule has 136 valence electrons. The fourth-order valence-electron chi connectivity index (χ4n) is 3.07. The average molecular weight is 383 g/mol. The van der Waals surface area contributed by atoms with E-state index in [1.165, 1.54) is 15.9 Å². The molecule has 1 aliphatic rings. The molecular formula is C18H13N3O5S. The van der Waals surface area contributed by atoms with Gasteiger partial charge >= 0.3 is 5.76 Å². The Balaban J connectivity index is 1.54. The zero-order chi connectivity index (χ0) is 18.5. The molecule has 2 aromatic carbocycles. The Bertz CT molecular complexity index is 1340. The molecule has 0 fully saturated rings. The predicted octanol–water partition coefficient (Wildman–Crippen LogP) is 2.00. The van der Waals surface area contributed by atoms with Crippen LogP contribution in [0.4, 0.5) is 0 Å². The number of ether oxygens (including phenoxy) is 2. The van der Waals surface area contributed by atoms with Gasteiger partial charge in [0.15, 0.2) is 21.9 Å². The minimum Gasteiger partial charge on any atom is -0.454 e. The van der Waals surface area contributed by atoms with E-state index in [1.54, 1.807) is 24.3 Å². The summed E-state index contributed by atoms with van der Waals surface area (Å²) in [4.78, 5) is 29.2. The molecule has 2 aromatic heterocycles. The number of para-hydroxylation sites is 2. The van der Waals surface area contributed by atoms with Crippen LogP contribution in [0.15, 0.2) is 50.6 Å². The highest BCUT2D eigenvalue weighted by Crippen LogP contribution is 2.36. The van der Waals surface area contributed by atoms with Crippen molar-refractivity contribution in [2.24, 2.45) is 12.0 Å². The number of hydrogen-bond donors (Lipinski definition) is 0. The highest BCUT2D eigenvalue weighted by Gasteiger charge is 2.17. The van der Waals surface area contributed by atoms with Crippen molar-refractivity contribution in [2.75, 3.05) is 6.79 Å². The molecule has 0 aliphatic carbocycles. The number of aryl methyl sites for hydroxylation is 1. The third-order valence-electron chi connectivity index (χ3n) is 4.39. The van der Waals surface area contributed by atoms with Gasteiger partial charge < -0.3 is 18.5 Å². The van der Waals surface area contributed by atoms with E-state index in [0.717, 1.165) is 10.2 Å². The topological polar surface area (TPSA) is 88.0 Å². The molecule has 3 heterocycles. The summed E-state index contributed by atoms with van der Waals surface area (Å²) in [6.07, 6.45) is 0. The zero-order valence-corrected chi connectivity index (χ0v) is 15.0. The van der Waals surface area contributed by atoms with Gasteiger partial charge in [-0.25, -0.2) is 4.79 Å². The molecule has 1 aliphatic heterocycles. The summed E-state index contributed by atoms with van der Waals surface area (Å²) < 4.78 is 20.0. The van der Waals surface area contributed by atoms with Crippen LogP contribution in [0.3, 0.4) is 0 Å². The van der Waals surface area contributed by atoms with Gasteiger partial charge in [-0.1, -0.05) is 23.5 Å². The molecule has 0 saturated carbocycles. The van der Waals surface area contributed by atoms with E-state index < -0.39 is 11.7 Å². The second kappa shape index (κ2) is 5.85. The van der Waals surface area contributed by atoms with Crippen molar-refractivity contribution >= 4 is 38.6 Å². The molecule has 0 N–H and O–H groups in total. The van der Waals surface area contributed by atoms with Crippen molar-refractivity contribution in [1.82, 2.24) is 9.13 Å². The molecule has 8 nitrogen and oxygen atoms in total. The number of hydrogen-bond acceptors (Lipinski definition) is 6. The molecular weight excluding hydrogens is 370 g/mol. The SMILES string of the molecule is Cn1c(=NC(=O)Cn2c(=O)oc3ccccc32)sc2cc3c(cc21)OCO3. The predicted molar refractivity (Wildman–Crippen MR) is 98.0 cm³/mol. The van der Waals surface area contributed by atoms with Crippen LogP contribution < -0.4 is 20.0 Å². The maximum Gasteiger partial charge on any atom is 0.420 e. The lowest BCUT2D eigenvalue weighted by Crippen LogP contribution is -2.21. The highest BCUT2D eigenvalue weighted by atomic mass is 32.1. The number of carbonyl (C=O) groups is 1. The number of rotatable bonds is 2. The van der Waals surface area contributed by atoms with Crippen molar-refractivity contribution in [3.8, 4) is 11.5 Å². The molecule has 0 bridgehead atoms. The van der Waals surface area contributed by atoms with Crippen LogP contribution in [-0.2, 0) is 18.4 Å². The van der Waals surface area contributed by atoms with Crippen molar-refractivity contribution < 1.29 is 18.7 Å². The number of oxazole rings is 1. The van der Waals surface area contributed by atoms with Gasteiger partial charge in [0, 0.05) is 19.2 Å². The first kappa shape index (κ1) is 15.9. The molecule has 0 spiro atoms. The molecule has 27 heavy (non-hydrogen) atoms. The van der Waals surface area contributed by atoms with Crippen LogP contribution in [0.25, 0.3) is 21.3 Å². The van der Waals surface area contributed by atoms with Crippen molar-refractivity contribution in [3.05, 3.63) is 51.8 Å². The third kappa shape index (κ3) is 2.55. The maximum atomic E-state index is 12.5. The van der Waals surface area contributed by atoms with E-state index in [0.29, 0.717) is 27.4 Å². The number of nitrogens with zero attached hydrogens (tertiary/aromatic N) is 3. The van der Waals surface area contributed by atoms with Gasteiger partial charge in [-0.05, 0) is 12.1 Å². The fraction of sp³-hybridized carbons (Fsp3) is 0.167. The Morgan fingerprint density at radius 2 is 1.96 bits per heavy atom. The summed E-state index contributed by atoms with van der Waals surface area (Å²) >= 11 is 1.37. The van der Waals surface area contributed by atoms with Crippen LogP contribution in [-0.4, -0.2) is 21.8 Å². The van der Waals surface area contributed by atoms with E-state index in [9.17, 15) is 9.59 Å². The number of amides is 1. The number of carbonyl (C=O) groups excluding carboxylic acids is 1. The van der Waals surface area contributed by atoms with Gasteiger partial charge in [0.05, 0.1) is 15.7 Å². The van der Waals surface area contributed by atoms with Crippen LogP contribution in [0.5, 0.6) is 11.5 Å². The Morgan fingerprint density at radius 3 is 2.81 bits per heavy atom. The lowest BCUT2D eigenvalue weighted by atomic mass is 10.3. The Labute approximate surface area is 155 Å². The molecule has 0 atom stereocenters. The number of thiazole rings is 1. The summed E-state index contributed by atoms with van der Waals surface area (Å²) in [7, 11) is 1.83. The summed E-state index contributed by atoms with van der Waals surface area (Å²) in [5, 5.41) is 0. The van der Waals surface area contributed by atoms with Gasteiger partial charge in [-0.15, -0.1) is 0 Å². The van der Waals surface area contributed by atoms with E-state index in [4.69, 9.17) is 13.9 Å². The number of fused-ring (bicyclic) bond motifs is 3. The first-order valence-corrected chi connectivity index (χ1v) is 8.97. The minimum absolute atomic E-state index is 0.188. The largest absolute Gasteiger partial charge is 0.454 e. The number of aromatic nitrogens is 2. The number of benzene rings is 2. The van der Waals surface area contributed by atoms with Crippen molar-refractivity contribution in [3.63, 3.8) is 0 Å². The Kier molecular flexibility index (Phi) is 3.44. The standard InChI is InChI=1S/C18H13N3O5S/c1-20-11-6-13-14(25-9-24-13)7-15(11)27-17(20)19-16(22)8-21-10-4-2-3-5-12(10)26-18(21)23/h2-7H,8-9H2,1H3. The van der Waals surface area contributed by atoms with Crippen molar-refractivity contribution in [2.45, 2.75) is 6.54 Å². The Morgan fingerprint density at radius 1 is 1.19 bits per heavy atom. The second-order valence-corrected chi connectivity index (χ2v) is 7.05. The maximum absolute atomic E-state index is 12.5. The van der Waals surface area contributed by atoms with Crippen LogP contribution in [0.2, 0.25) is 0 Å². The molecule has 0 unspecified atom stereocenters. The average Bonchev–Trinajstić information content (AvgIpc) is 3.31. The molecule has 0 saturated heterocycles. The molecule has 0 radical (unpaired) electrons. The van der Waals surface area contributed by atoms with Gasteiger partial charge in [0.25, 0.3) is 5.91 Å².